The largest absolute Gasteiger partial charge is 0.478 e. The molecule has 0 unspecified atom stereocenters. The number of rotatable bonds is 5. The van der Waals surface area contributed by atoms with Crippen molar-refractivity contribution in [1.82, 2.24) is 4.57 Å². The molecule has 4 nitrogen and oxygen atoms in total. The van der Waals surface area contributed by atoms with E-state index in [0.29, 0.717) is 5.69 Å². The Hall–Kier alpha value is -2.85. The van der Waals surface area contributed by atoms with E-state index >= 15 is 0 Å². The molecule has 0 radical (unpaired) electrons. The summed E-state index contributed by atoms with van der Waals surface area (Å²) in [4.78, 5) is 15.6. The Morgan fingerprint density at radius 1 is 1.15 bits per heavy atom. The van der Waals surface area contributed by atoms with Gasteiger partial charge in [-0.1, -0.05) is 30.7 Å². The van der Waals surface area contributed by atoms with Gasteiger partial charge in [0.2, 0.25) is 0 Å². The molecule has 0 amide bonds. The predicted octanol–water partition coefficient (Wildman–Crippen LogP) is 5.76. The molecule has 0 saturated heterocycles. The minimum atomic E-state index is -1.06. The molecular formula is C22H21ClN2O2. The lowest BCUT2D eigenvalue weighted by Gasteiger charge is -2.10. The van der Waals surface area contributed by atoms with Crippen molar-refractivity contribution >= 4 is 29.5 Å². The number of carboxylic acids is 1. The molecule has 1 aromatic heterocycles. The zero-order chi connectivity index (χ0) is 19.6. The Morgan fingerprint density at radius 2 is 1.85 bits per heavy atom. The van der Waals surface area contributed by atoms with Crippen LogP contribution in [0, 0.1) is 13.8 Å². The number of aromatic nitrogens is 1. The molecule has 0 spiro atoms. The van der Waals surface area contributed by atoms with Gasteiger partial charge in [0.15, 0.2) is 0 Å². The Bertz CT molecular complexity index is 1020. The van der Waals surface area contributed by atoms with Gasteiger partial charge in [-0.25, -0.2) is 4.79 Å². The quantitative estimate of drug-likeness (QED) is 0.572. The molecule has 0 fully saturated rings. The third kappa shape index (κ3) is 3.96. The van der Waals surface area contributed by atoms with Crippen molar-refractivity contribution in [3.8, 4) is 5.69 Å². The van der Waals surface area contributed by atoms with Gasteiger partial charge >= 0.3 is 5.97 Å². The molecule has 0 aliphatic carbocycles. The number of halogens is 1. The first-order valence-electron chi connectivity index (χ1n) is 8.76. The van der Waals surface area contributed by atoms with Gasteiger partial charge in [0.25, 0.3) is 0 Å². The summed E-state index contributed by atoms with van der Waals surface area (Å²) in [7, 11) is 0. The third-order valence-electron chi connectivity index (χ3n) is 4.61. The number of hydrogen-bond acceptors (Lipinski definition) is 2. The van der Waals surface area contributed by atoms with E-state index < -0.39 is 5.97 Å². The van der Waals surface area contributed by atoms with Gasteiger partial charge in [-0.15, -0.1) is 0 Å². The highest BCUT2D eigenvalue weighted by molar-refractivity contribution is 6.33. The molecule has 0 atom stereocenters. The van der Waals surface area contributed by atoms with Gasteiger partial charge < -0.3 is 9.67 Å². The van der Waals surface area contributed by atoms with Crippen molar-refractivity contribution < 1.29 is 9.90 Å². The fourth-order valence-electron chi connectivity index (χ4n) is 3.10. The summed E-state index contributed by atoms with van der Waals surface area (Å²) in [6.07, 6.45) is 2.77. The van der Waals surface area contributed by atoms with Crippen LogP contribution < -0.4 is 0 Å². The highest BCUT2D eigenvalue weighted by Gasteiger charge is 2.11. The van der Waals surface area contributed by atoms with Crippen LogP contribution in [0.5, 0.6) is 0 Å². The fraction of sp³-hybridized carbons (Fsp3) is 0.182. The van der Waals surface area contributed by atoms with Gasteiger partial charge in [-0.3, -0.25) is 4.99 Å². The molecule has 0 aliphatic heterocycles. The molecular weight excluding hydrogens is 360 g/mol. The maximum absolute atomic E-state index is 11.2. The molecule has 27 heavy (non-hydrogen) atoms. The van der Waals surface area contributed by atoms with Crippen molar-refractivity contribution in [1.29, 1.82) is 0 Å². The van der Waals surface area contributed by atoms with Crippen LogP contribution in [-0.2, 0) is 6.42 Å². The monoisotopic (exact) mass is 380 g/mol. The first-order chi connectivity index (χ1) is 12.9. The fourth-order valence-corrected chi connectivity index (χ4v) is 3.30. The van der Waals surface area contributed by atoms with Crippen molar-refractivity contribution in [2.75, 3.05) is 0 Å². The second-order valence-corrected chi connectivity index (χ2v) is 6.82. The van der Waals surface area contributed by atoms with E-state index in [2.05, 4.69) is 53.7 Å². The van der Waals surface area contributed by atoms with E-state index in [-0.39, 0.29) is 10.6 Å². The van der Waals surface area contributed by atoms with Crippen LogP contribution in [0.15, 0.2) is 53.5 Å². The summed E-state index contributed by atoms with van der Waals surface area (Å²) >= 11 is 5.91. The lowest BCUT2D eigenvalue weighted by molar-refractivity contribution is 0.0697. The van der Waals surface area contributed by atoms with Crippen LogP contribution in [0.2, 0.25) is 5.02 Å². The molecule has 3 aromatic rings. The summed E-state index contributed by atoms with van der Waals surface area (Å²) in [5.41, 5.74) is 6.19. The number of hydrogen-bond donors (Lipinski definition) is 1. The predicted molar refractivity (Wildman–Crippen MR) is 110 cm³/mol. The summed E-state index contributed by atoms with van der Waals surface area (Å²) < 4.78 is 2.19. The first-order valence-corrected chi connectivity index (χ1v) is 9.13. The van der Waals surface area contributed by atoms with Crippen LogP contribution in [-0.4, -0.2) is 21.9 Å². The molecule has 2 aromatic carbocycles. The zero-order valence-electron chi connectivity index (χ0n) is 15.5. The number of carboxylic acid groups (broad SMARTS) is 1. The average molecular weight is 381 g/mol. The van der Waals surface area contributed by atoms with Gasteiger partial charge in [-0.2, -0.15) is 0 Å². The molecule has 1 N–H and O–H groups in total. The highest BCUT2D eigenvalue weighted by Crippen LogP contribution is 2.24. The summed E-state index contributed by atoms with van der Waals surface area (Å²) in [5, 5.41) is 9.39. The minimum Gasteiger partial charge on any atom is -0.478 e. The Balaban J connectivity index is 1.93. The van der Waals surface area contributed by atoms with Crippen LogP contribution in [0.1, 0.15) is 39.8 Å². The van der Waals surface area contributed by atoms with E-state index in [1.807, 2.05) is 6.92 Å². The maximum atomic E-state index is 11.2. The van der Waals surface area contributed by atoms with E-state index in [0.717, 1.165) is 29.1 Å². The second kappa shape index (κ2) is 7.80. The van der Waals surface area contributed by atoms with Gasteiger partial charge in [0, 0.05) is 28.9 Å². The lowest BCUT2D eigenvalue weighted by atomic mass is 10.1. The Kier molecular flexibility index (Phi) is 5.47. The maximum Gasteiger partial charge on any atom is 0.337 e. The van der Waals surface area contributed by atoms with Crippen molar-refractivity contribution in [3.05, 3.63) is 81.6 Å². The normalized spacial score (nSPS) is 11.3. The number of benzene rings is 2. The minimum absolute atomic E-state index is 0.0489. The second-order valence-electron chi connectivity index (χ2n) is 6.41. The van der Waals surface area contributed by atoms with Crippen LogP contribution in [0.4, 0.5) is 5.69 Å². The Labute approximate surface area is 163 Å². The van der Waals surface area contributed by atoms with Crippen LogP contribution in [0.3, 0.4) is 0 Å². The molecule has 3 rings (SSSR count). The highest BCUT2D eigenvalue weighted by atomic mass is 35.5. The molecule has 0 aliphatic rings. The van der Waals surface area contributed by atoms with E-state index in [4.69, 9.17) is 11.6 Å². The first kappa shape index (κ1) is 18.9. The molecule has 0 bridgehead atoms. The summed E-state index contributed by atoms with van der Waals surface area (Å²) in [6, 6.07) is 15.3. The standard InChI is InChI=1S/C22H21ClN2O2/c1-4-16-5-8-19(9-6-16)25-14(2)11-17(15(25)3)13-24-18-7-10-21(23)20(12-18)22(26)27/h5-13H,4H2,1-3H3,(H,26,27). The number of aryl methyl sites for hydroxylation is 2. The lowest BCUT2D eigenvalue weighted by Crippen LogP contribution is -1.99. The molecule has 138 valence electrons. The topological polar surface area (TPSA) is 54.6 Å². The summed E-state index contributed by atoms with van der Waals surface area (Å²) in [6.45, 7) is 6.25. The van der Waals surface area contributed by atoms with Crippen molar-refractivity contribution in [3.63, 3.8) is 0 Å². The smallest absolute Gasteiger partial charge is 0.337 e. The zero-order valence-corrected chi connectivity index (χ0v) is 16.3. The van der Waals surface area contributed by atoms with E-state index in [1.165, 1.54) is 11.6 Å². The number of aromatic carboxylic acids is 1. The third-order valence-corrected chi connectivity index (χ3v) is 4.94. The number of nitrogens with zero attached hydrogens (tertiary/aromatic N) is 2. The molecule has 0 saturated carbocycles. The van der Waals surface area contributed by atoms with Crippen LogP contribution in [0.25, 0.3) is 5.69 Å². The average Bonchev–Trinajstić information content (AvgIpc) is 2.94. The van der Waals surface area contributed by atoms with Gasteiger partial charge in [-0.05, 0) is 62.2 Å². The van der Waals surface area contributed by atoms with Crippen LogP contribution >= 0.6 is 11.6 Å². The van der Waals surface area contributed by atoms with E-state index in [9.17, 15) is 9.90 Å². The number of aliphatic imine (C=N–C) groups is 1. The molecule has 1 heterocycles. The van der Waals surface area contributed by atoms with Gasteiger partial charge in [0.05, 0.1) is 16.3 Å². The number of carbonyl (C=O) groups is 1. The van der Waals surface area contributed by atoms with Gasteiger partial charge in [0.1, 0.15) is 0 Å². The van der Waals surface area contributed by atoms with E-state index in [1.54, 1.807) is 18.3 Å². The Morgan fingerprint density at radius 3 is 2.48 bits per heavy atom. The van der Waals surface area contributed by atoms with Crippen molar-refractivity contribution in [2.24, 2.45) is 4.99 Å². The SMILES string of the molecule is CCc1ccc(-n2c(C)cc(C=Nc3ccc(Cl)c(C(=O)O)c3)c2C)cc1. The van der Waals surface area contributed by atoms with Crippen molar-refractivity contribution in [2.45, 2.75) is 27.2 Å². The summed E-state index contributed by atoms with van der Waals surface area (Å²) in [5.74, 6) is -1.06. The molecule has 5 heteroatoms.